The van der Waals surface area contributed by atoms with E-state index < -0.39 is 11.6 Å². The molecule has 1 amide bonds. The Morgan fingerprint density at radius 2 is 1.94 bits per heavy atom. The summed E-state index contributed by atoms with van der Waals surface area (Å²) in [6, 6.07) is 7.98. The number of benzene rings is 1. The van der Waals surface area contributed by atoms with E-state index in [9.17, 15) is 9.59 Å². The predicted octanol–water partition coefficient (Wildman–Crippen LogP) is 4.04. The number of nitrogens with one attached hydrogen (secondary N) is 1. The van der Waals surface area contributed by atoms with Crippen LogP contribution < -0.4 is 5.46 Å². The van der Waals surface area contributed by atoms with E-state index in [1.54, 1.807) is 11.8 Å². The number of nitrogens with zero attached hydrogens (tertiary/aromatic N) is 2. The Kier molecular flexibility index (Phi) is 5.82. The molecule has 8 heteroatoms. The molecule has 2 saturated heterocycles. The lowest BCUT2D eigenvalue weighted by Crippen LogP contribution is -2.36. The molecule has 2 aliphatic rings. The van der Waals surface area contributed by atoms with Gasteiger partial charge in [0.15, 0.2) is 12.4 Å². The van der Waals surface area contributed by atoms with Gasteiger partial charge in [0.25, 0.3) is 0 Å². The number of aromatic nitrogens is 2. The van der Waals surface area contributed by atoms with Crippen molar-refractivity contribution in [2.75, 3.05) is 13.2 Å². The highest BCUT2D eigenvalue weighted by molar-refractivity contribution is 6.82. The van der Waals surface area contributed by atoms with E-state index in [1.807, 2.05) is 32.9 Å². The first-order valence-electron chi connectivity index (χ1n) is 11.1. The summed E-state index contributed by atoms with van der Waals surface area (Å²) in [5.74, 6) is 0.150. The van der Waals surface area contributed by atoms with Gasteiger partial charge in [0.05, 0.1) is 12.6 Å². The van der Waals surface area contributed by atoms with Gasteiger partial charge >= 0.3 is 12.1 Å². The molecule has 0 bridgehead atoms. The normalized spacial score (nSPS) is 18.3. The number of amides is 1. The molecule has 1 aromatic carbocycles. The maximum atomic E-state index is 12.7. The molecule has 0 aliphatic carbocycles. The number of likely N-dealkylation sites (tertiary alicyclic amines) is 1. The van der Waals surface area contributed by atoms with Crippen LogP contribution in [0.4, 0.5) is 4.79 Å². The van der Waals surface area contributed by atoms with Gasteiger partial charge in [-0.15, -0.1) is 0 Å². The van der Waals surface area contributed by atoms with E-state index in [2.05, 4.69) is 17.1 Å². The first-order chi connectivity index (χ1) is 14.8. The molecule has 0 saturated carbocycles. The summed E-state index contributed by atoms with van der Waals surface area (Å²) < 4.78 is 10.8. The third-order valence-corrected chi connectivity index (χ3v) is 5.63. The fraction of sp³-hybridized carbons (Fsp3) is 0.522. The largest absolute Gasteiger partial charge is 0.461 e. The summed E-state index contributed by atoms with van der Waals surface area (Å²) in [5.41, 5.74) is 2.50. The van der Waals surface area contributed by atoms with Crippen LogP contribution in [0.5, 0.6) is 0 Å². The Balaban J connectivity index is 1.65. The number of carbonyl (C=O) groups excluding carboxylic acids is 2. The number of hydrogen-bond acceptors (Lipinski definition) is 5. The molecule has 31 heavy (non-hydrogen) atoms. The summed E-state index contributed by atoms with van der Waals surface area (Å²) in [5, 5.41) is 0. The van der Waals surface area contributed by atoms with Crippen molar-refractivity contribution in [2.45, 2.75) is 64.8 Å². The van der Waals surface area contributed by atoms with Crippen molar-refractivity contribution in [1.29, 1.82) is 0 Å². The number of hydrogen-bond donors (Lipinski definition) is 1. The van der Waals surface area contributed by atoms with Gasteiger partial charge in [-0.3, -0.25) is 4.90 Å². The molecule has 1 N–H and O–H groups in total. The van der Waals surface area contributed by atoms with Crippen LogP contribution in [0.2, 0.25) is 12.6 Å². The van der Waals surface area contributed by atoms with Crippen molar-refractivity contribution < 1.29 is 19.1 Å². The zero-order valence-corrected chi connectivity index (χ0v) is 18.7. The second kappa shape index (κ2) is 8.40. The second-order valence-electron chi connectivity index (χ2n) is 9.29. The fourth-order valence-electron chi connectivity index (χ4n) is 4.03. The average Bonchev–Trinajstić information content (AvgIpc) is 3.27. The number of imidazole rings is 1. The van der Waals surface area contributed by atoms with Crippen LogP contribution in [-0.2, 0) is 9.47 Å². The molecule has 2 aromatic rings. The van der Waals surface area contributed by atoms with Crippen LogP contribution in [0.1, 0.15) is 62.9 Å². The lowest BCUT2D eigenvalue weighted by molar-refractivity contribution is 0.0218. The van der Waals surface area contributed by atoms with Crippen LogP contribution in [0.15, 0.2) is 24.3 Å². The lowest BCUT2D eigenvalue weighted by Gasteiger charge is -2.27. The van der Waals surface area contributed by atoms with Crippen molar-refractivity contribution in [1.82, 2.24) is 14.9 Å². The fourth-order valence-corrected chi connectivity index (χ4v) is 4.03. The van der Waals surface area contributed by atoms with Gasteiger partial charge in [0.2, 0.25) is 0 Å². The van der Waals surface area contributed by atoms with Crippen LogP contribution in [0.3, 0.4) is 0 Å². The van der Waals surface area contributed by atoms with Crippen LogP contribution in [-0.4, -0.2) is 52.4 Å². The third kappa shape index (κ3) is 4.78. The lowest BCUT2D eigenvalue weighted by atomic mass is 9.63. The highest BCUT2D eigenvalue weighted by Crippen LogP contribution is 2.34. The summed E-state index contributed by atoms with van der Waals surface area (Å²) in [6.07, 6.45) is 3.73. The summed E-state index contributed by atoms with van der Waals surface area (Å²) in [7, 11) is 0. The molecule has 3 heterocycles. The quantitative estimate of drug-likeness (QED) is 0.580. The smallest absolute Gasteiger partial charge is 0.410 e. The summed E-state index contributed by atoms with van der Waals surface area (Å²) >= 11 is 0. The van der Waals surface area contributed by atoms with Gasteiger partial charge in [0, 0.05) is 12.1 Å². The molecular formula is C23H30BN3O4. The zero-order valence-electron chi connectivity index (χ0n) is 18.7. The topological polar surface area (TPSA) is 84.5 Å². The van der Waals surface area contributed by atoms with Crippen LogP contribution >= 0.6 is 0 Å². The van der Waals surface area contributed by atoms with E-state index in [4.69, 9.17) is 14.5 Å². The number of carbonyl (C=O) groups is 2. The monoisotopic (exact) mass is 423 g/mol. The maximum absolute atomic E-state index is 12.7. The molecule has 0 radical (unpaired) electrons. The number of esters is 1. The number of H-pyrrole nitrogens is 1. The SMILES string of the molecule is CCOC(=O)c1[nH]c([C@@H]2CCCN2C(=O)OC(C)(C)C)nc1-c1ccc(B2CC2)cc1. The van der Waals surface area contributed by atoms with Crippen LogP contribution in [0.25, 0.3) is 11.3 Å². The van der Waals surface area contributed by atoms with Gasteiger partial charge < -0.3 is 14.5 Å². The van der Waals surface area contributed by atoms with E-state index in [0.717, 1.165) is 18.4 Å². The predicted molar refractivity (Wildman–Crippen MR) is 120 cm³/mol. The Morgan fingerprint density at radius 1 is 1.23 bits per heavy atom. The molecule has 0 unspecified atom stereocenters. The second-order valence-corrected chi connectivity index (χ2v) is 9.29. The average molecular weight is 423 g/mol. The van der Waals surface area contributed by atoms with Crippen molar-refractivity contribution in [2.24, 2.45) is 0 Å². The molecule has 2 aliphatic heterocycles. The number of ether oxygens (including phenoxy) is 2. The minimum Gasteiger partial charge on any atom is -0.461 e. The molecule has 1 aromatic heterocycles. The van der Waals surface area contributed by atoms with Gasteiger partial charge in [-0.05, 0) is 40.5 Å². The number of aromatic amines is 1. The van der Waals surface area contributed by atoms with E-state index in [1.165, 1.54) is 18.1 Å². The third-order valence-electron chi connectivity index (χ3n) is 5.63. The van der Waals surface area contributed by atoms with Gasteiger partial charge in [-0.25, -0.2) is 14.6 Å². The van der Waals surface area contributed by atoms with Gasteiger partial charge in [0.1, 0.15) is 17.1 Å². The van der Waals surface area contributed by atoms with Crippen molar-refractivity contribution >= 4 is 24.2 Å². The molecular weight excluding hydrogens is 393 g/mol. The number of rotatable bonds is 5. The standard InChI is InChI=1S/C23H30BN3O4/c1-5-30-21(28)19-18(15-8-10-16(11-9-15)24-12-13-24)25-20(26-19)17-7-6-14-27(17)22(29)31-23(2,3)4/h8-11,17H,5-7,12-14H2,1-4H3,(H,25,26)/t17-/m0/s1. The summed E-state index contributed by atoms with van der Waals surface area (Å²) in [6.45, 7) is 8.87. The van der Waals surface area contributed by atoms with Crippen molar-refractivity contribution in [3.63, 3.8) is 0 Å². The molecule has 1 atom stereocenters. The van der Waals surface area contributed by atoms with Gasteiger partial charge in [-0.2, -0.15) is 0 Å². The first-order valence-corrected chi connectivity index (χ1v) is 11.1. The molecule has 164 valence electrons. The maximum Gasteiger partial charge on any atom is 0.410 e. The minimum absolute atomic E-state index is 0.262. The molecule has 2 fully saturated rings. The molecule has 0 spiro atoms. The Hall–Kier alpha value is -2.77. The molecule has 4 rings (SSSR count). The highest BCUT2D eigenvalue weighted by atomic mass is 16.6. The molecule has 7 nitrogen and oxygen atoms in total. The van der Waals surface area contributed by atoms with Crippen molar-refractivity contribution in [3.05, 3.63) is 35.8 Å². The van der Waals surface area contributed by atoms with E-state index in [-0.39, 0.29) is 18.7 Å². The Morgan fingerprint density at radius 3 is 2.55 bits per heavy atom. The Labute approximate surface area is 183 Å². The first kappa shape index (κ1) is 21.5. The minimum atomic E-state index is -0.571. The van der Waals surface area contributed by atoms with E-state index >= 15 is 0 Å². The van der Waals surface area contributed by atoms with Crippen LogP contribution in [0, 0.1) is 0 Å². The zero-order chi connectivity index (χ0) is 22.2. The van der Waals surface area contributed by atoms with Gasteiger partial charge in [-0.1, -0.05) is 42.4 Å². The van der Waals surface area contributed by atoms with E-state index in [0.29, 0.717) is 30.5 Å². The summed E-state index contributed by atoms with van der Waals surface area (Å²) in [4.78, 5) is 35.0. The van der Waals surface area contributed by atoms with Crippen molar-refractivity contribution in [3.8, 4) is 11.3 Å². The Bertz CT molecular complexity index is 960. The highest BCUT2D eigenvalue weighted by Gasteiger charge is 2.36.